The maximum Gasteiger partial charge on any atom is 0.243 e. The first-order valence-corrected chi connectivity index (χ1v) is 7.82. The van der Waals surface area contributed by atoms with Gasteiger partial charge in [0, 0.05) is 11.4 Å². The van der Waals surface area contributed by atoms with Crippen molar-refractivity contribution in [3.63, 3.8) is 0 Å². The van der Waals surface area contributed by atoms with Crippen molar-refractivity contribution in [2.75, 3.05) is 23.9 Å². The van der Waals surface area contributed by atoms with Crippen LogP contribution in [0.3, 0.4) is 0 Å². The Hall–Kier alpha value is -1.36. The highest BCUT2D eigenvalue weighted by molar-refractivity contribution is 7.99. The van der Waals surface area contributed by atoms with Crippen LogP contribution in [0.4, 0.5) is 5.69 Å². The lowest BCUT2D eigenvalue weighted by molar-refractivity contribution is -0.122. The molecule has 3 N–H and O–H groups in total. The van der Waals surface area contributed by atoms with Crippen molar-refractivity contribution >= 4 is 23.4 Å². The van der Waals surface area contributed by atoms with E-state index in [1.807, 2.05) is 24.3 Å². The second kappa shape index (κ2) is 5.56. The Bertz CT molecular complexity index is 487. The standard InChI is InChI=1S/C15H22N2O2S/c1-14(2)8-15(13(16)18,10-20-9-14)17-11-4-6-12(19-3)7-5-11/h4-7,17H,8-10H2,1-3H3,(H2,16,18). The highest BCUT2D eigenvalue weighted by Gasteiger charge is 2.45. The first kappa shape index (κ1) is 15.0. The van der Waals surface area contributed by atoms with Gasteiger partial charge in [0.1, 0.15) is 11.3 Å². The van der Waals surface area contributed by atoms with E-state index in [0.717, 1.165) is 23.6 Å². The Kier molecular flexibility index (Phi) is 4.18. The third-order valence-electron chi connectivity index (χ3n) is 3.57. The molecule has 0 saturated carbocycles. The Morgan fingerprint density at radius 3 is 2.45 bits per heavy atom. The Morgan fingerprint density at radius 2 is 1.95 bits per heavy atom. The normalized spacial score (nSPS) is 24.9. The molecule has 1 atom stereocenters. The minimum atomic E-state index is -0.680. The van der Waals surface area contributed by atoms with Crippen LogP contribution in [0.15, 0.2) is 24.3 Å². The van der Waals surface area contributed by atoms with Gasteiger partial charge in [0.25, 0.3) is 0 Å². The number of hydrogen-bond acceptors (Lipinski definition) is 4. The lowest BCUT2D eigenvalue weighted by Gasteiger charge is -2.43. The molecule has 0 aliphatic carbocycles. The van der Waals surface area contributed by atoms with Gasteiger partial charge in [-0.05, 0) is 41.9 Å². The molecule has 0 aromatic heterocycles. The van der Waals surface area contributed by atoms with E-state index < -0.39 is 5.54 Å². The molecular formula is C15H22N2O2S. The maximum absolute atomic E-state index is 12.0. The molecule has 1 aliphatic heterocycles. The van der Waals surface area contributed by atoms with Crippen molar-refractivity contribution in [1.29, 1.82) is 0 Å². The summed E-state index contributed by atoms with van der Waals surface area (Å²) in [6.07, 6.45) is 0.744. The van der Waals surface area contributed by atoms with E-state index in [-0.39, 0.29) is 11.3 Å². The predicted molar refractivity (Wildman–Crippen MR) is 84.3 cm³/mol. The van der Waals surface area contributed by atoms with Crippen LogP contribution >= 0.6 is 11.8 Å². The van der Waals surface area contributed by atoms with Crippen molar-refractivity contribution in [3.05, 3.63) is 24.3 Å². The smallest absolute Gasteiger partial charge is 0.243 e. The predicted octanol–water partition coefficient (Wildman–Crippen LogP) is 2.49. The molecule has 110 valence electrons. The summed E-state index contributed by atoms with van der Waals surface area (Å²) in [5.74, 6) is 2.26. The zero-order valence-electron chi connectivity index (χ0n) is 12.2. The first-order chi connectivity index (χ1) is 9.37. The number of rotatable bonds is 4. The quantitative estimate of drug-likeness (QED) is 0.895. The van der Waals surface area contributed by atoms with E-state index in [2.05, 4.69) is 19.2 Å². The van der Waals surface area contributed by atoms with Crippen molar-refractivity contribution < 1.29 is 9.53 Å². The third kappa shape index (κ3) is 3.20. The number of nitrogens with one attached hydrogen (secondary N) is 1. The monoisotopic (exact) mass is 294 g/mol. The van der Waals surface area contributed by atoms with Crippen LogP contribution in [0, 0.1) is 5.41 Å². The molecule has 1 fully saturated rings. The van der Waals surface area contributed by atoms with E-state index >= 15 is 0 Å². The summed E-state index contributed by atoms with van der Waals surface area (Å²) in [6.45, 7) is 4.35. The van der Waals surface area contributed by atoms with Gasteiger partial charge in [-0.1, -0.05) is 13.8 Å². The van der Waals surface area contributed by atoms with Gasteiger partial charge in [0.05, 0.1) is 7.11 Å². The second-order valence-corrected chi connectivity index (χ2v) is 7.12. The van der Waals surface area contributed by atoms with Gasteiger partial charge in [0.2, 0.25) is 5.91 Å². The summed E-state index contributed by atoms with van der Waals surface area (Å²) in [7, 11) is 1.63. The van der Waals surface area contributed by atoms with Crippen LogP contribution in [-0.2, 0) is 4.79 Å². The van der Waals surface area contributed by atoms with Gasteiger partial charge in [-0.15, -0.1) is 0 Å². The molecule has 1 unspecified atom stereocenters. The number of ether oxygens (including phenoxy) is 1. The topological polar surface area (TPSA) is 64.3 Å². The number of nitrogens with two attached hydrogens (primary N) is 1. The molecule has 20 heavy (non-hydrogen) atoms. The van der Waals surface area contributed by atoms with Crippen LogP contribution in [0.5, 0.6) is 5.75 Å². The zero-order chi connectivity index (χ0) is 14.8. The molecular weight excluding hydrogens is 272 g/mol. The Balaban J connectivity index is 2.22. The van der Waals surface area contributed by atoms with Crippen LogP contribution in [0.2, 0.25) is 0 Å². The maximum atomic E-state index is 12.0. The number of primary amides is 1. The van der Waals surface area contributed by atoms with Crippen molar-refractivity contribution in [1.82, 2.24) is 0 Å². The number of amides is 1. The number of methoxy groups -OCH3 is 1. The molecule has 1 saturated heterocycles. The summed E-state index contributed by atoms with van der Waals surface area (Å²) < 4.78 is 5.14. The molecule has 5 heteroatoms. The molecule has 1 aromatic rings. The molecule has 1 heterocycles. The van der Waals surface area contributed by atoms with Gasteiger partial charge in [0.15, 0.2) is 0 Å². The minimum Gasteiger partial charge on any atom is -0.497 e. The van der Waals surface area contributed by atoms with E-state index in [1.54, 1.807) is 18.9 Å². The first-order valence-electron chi connectivity index (χ1n) is 6.67. The van der Waals surface area contributed by atoms with Gasteiger partial charge in [-0.25, -0.2) is 0 Å². The molecule has 0 radical (unpaired) electrons. The van der Waals surface area contributed by atoms with E-state index in [4.69, 9.17) is 10.5 Å². The van der Waals surface area contributed by atoms with Crippen LogP contribution in [0.25, 0.3) is 0 Å². The number of hydrogen-bond donors (Lipinski definition) is 2. The van der Waals surface area contributed by atoms with Gasteiger partial charge in [-0.3, -0.25) is 4.79 Å². The summed E-state index contributed by atoms with van der Waals surface area (Å²) in [6, 6.07) is 7.57. The number of benzene rings is 1. The summed E-state index contributed by atoms with van der Waals surface area (Å²) in [4.78, 5) is 12.0. The number of carbonyl (C=O) groups excluding carboxylic acids is 1. The minimum absolute atomic E-state index is 0.0947. The van der Waals surface area contributed by atoms with E-state index in [1.165, 1.54) is 0 Å². The van der Waals surface area contributed by atoms with Crippen molar-refractivity contribution in [2.45, 2.75) is 25.8 Å². The summed E-state index contributed by atoms with van der Waals surface area (Å²) in [5, 5.41) is 3.35. The SMILES string of the molecule is COc1ccc(NC2(C(N)=O)CSCC(C)(C)C2)cc1. The van der Waals surface area contributed by atoms with Gasteiger partial charge < -0.3 is 15.8 Å². The molecule has 1 amide bonds. The third-order valence-corrected chi connectivity index (χ3v) is 5.25. The Labute approximate surface area is 124 Å². The van der Waals surface area contributed by atoms with Gasteiger partial charge in [-0.2, -0.15) is 11.8 Å². The fraction of sp³-hybridized carbons (Fsp3) is 0.533. The lowest BCUT2D eigenvalue weighted by atomic mass is 9.79. The van der Waals surface area contributed by atoms with Crippen LogP contribution < -0.4 is 15.8 Å². The fourth-order valence-corrected chi connectivity index (χ4v) is 4.09. The van der Waals surface area contributed by atoms with Crippen molar-refractivity contribution in [3.8, 4) is 5.75 Å². The van der Waals surface area contributed by atoms with E-state index in [9.17, 15) is 4.79 Å². The van der Waals surface area contributed by atoms with Crippen LogP contribution in [-0.4, -0.2) is 30.1 Å². The molecule has 2 rings (SSSR count). The molecule has 4 nitrogen and oxygen atoms in total. The van der Waals surface area contributed by atoms with E-state index in [0.29, 0.717) is 5.75 Å². The molecule has 0 bridgehead atoms. The summed E-state index contributed by atoms with van der Waals surface area (Å²) in [5.41, 5.74) is 5.99. The Morgan fingerprint density at radius 1 is 1.30 bits per heavy atom. The fourth-order valence-electron chi connectivity index (χ4n) is 2.67. The number of thioether (sulfide) groups is 1. The molecule has 1 aromatic carbocycles. The largest absolute Gasteiger partial charge is 0.497 e. The molecule has 1 aliphatic rings. The summed E-state index contributed by atoms with van der Waals surface area (Å²) >= 11 is 1.78. The van der Waals surface area contributed by atoms with Crippen LogP contribution in [0.1, 0.15) is 20.3 Å². The highest BCUT2D eigenvalue weighted by Crippen LogP contribution is 2.40. The highest BCUT2D eigenvalue weighted by atomic mass is 32.2. The lowest BCUT2D eigenvalue weighted by Crippen LogP contribution is -2.57. The number of anilines is 1. The van der Waals surface area contributed by atoms with Crippen molar-refractivity contribution in [2.24, 2.45) is 11.1 Å². The number of carbonyl (C=O) groups is 1. The van der Waals surface area contributed by atoms with Gasteiger partial charge >= 0.3 is 0 Å². The second-order valence-electron chi connectivity index (χ2n) is 6.13. The average molecular weight is 294 g/mol. The zero-order valence-corrected chi connectivity index (χ0v) is 13.0. The average Bonchev–Trinajstić information content (AvgIpc) is 2.38. The molecule has 0 spiro atoms.